The van der Waals surface area contributed by atoms with Crippen molar-refractivity contribution in [2.75, 3.05) is 40.3 Å². The van der Waals surface area contributed by atoms with Crippen molar-refractivity contribution >= 4 is 72.1 Å². The number of carbonyl (C=O) groups excluding carboxylic acids is 8. The van der Waals surface area contributed by atoms with E-state index < -0.39 is 71.0 Å². The molecule has 2 aliphatic carbocycles. The van der Waals surface area contributed by atoms with Gasteiger partial charge in [-0.1, -0.05) is 86.1 Å². The molecule has 2 saturated heterocycles. The molecule has 7 N–H and O–H groups in total. The van der Waals surface area contributed by atoms with E-state index in [0.29, 0.717) is 38.8 Å². The van der Waals surface area contributed by atoms with Gasteiger partial charge in [-0.25, -0.2) is 4.79 Å². The number of halogens is 2. The number of ether oxygens (including phenoxy) is 1. The molecule has 1 aromatic carbocycles. The first-order chi connectivity index (χ1) is 34.0. The topological polar surface area (TPSA) is 236 Å². The van der Waals surface area contributed by atoms with Crippen LogP contribution in [0.15, 0.2) is 24.3 Å². The second-order valence-corrected chi connectivity index (χ2v) is 22.9. The molecule has 74 heavy (non-hydrogen) atoms. The standard InChI is InChI=1S/C54H87N9O9.2ClH/c1-33(55-9)45(64)60-43(53(3,4)5)50(69)62-28-18-26-41(62)48(67)58-39(35-20-13-11-14-21-35)31-57-47(66)37-24-17-25-38(30-37)52(71)72-32-40(36-22-15-12-16-23-36)59-49(68)42-27-19-29-63(42)51(70)44(54(6,7)8)61-46(65)34(2)56-10;;/h17,24-25,30,33-36,39-44,55-56H,11-16,18-23,26-29,31-32H2,1-10H3,(H,57,66)(H,58,67)(H,59,68)(H,60,64)(H,61,65);2*1H/t33-,34-,39+,40+,41-,42-,43+,44+;;/m0../s1. The van der Waals surface area contributed by atoms with Crippen LogP contribution in [0.4, 0.5) is 0 Å². The van der Waals surface area contributed by atoms with Crippen LogP contribution in [0, 0.1) is 22.7 Å². The lowest BCUT2D eigenvalue weighted by molar-refractivity contribution is -0.144. The maximum Gasteiger partial charge on any atom is 0.338 e. The minimum Gasteiger partial charge on any atom is -0.460 e. The van der Waals surface area contributed by atoms with Gasteiger partial charge in [0, 0.05) is 31.2 Å². The second kappa shape index (κ2) is 29.1. The predicted octanol–water partition coefficient (Wildman–Crippen LogP) is 4.81. The highest BCUT2D eigenvalue weighted by molar-refractivity contribution is 5.98. The van der Waals surface area contributed by atoms with Gasteiger partial charge in [-0.3, -0.25) is 33.6 Å². The third kappa shape index (κ3) is 17.3. The highest BCUT2D eigenvalue weighted by Crippen LogP contribution is 2.31. The van der Waals surface area contributed by atoms with Gasteiger partial charge in [0.05, 0.1) is 23.7 Å². The van der Waals surface area contributed by atoms with Crippen molar-refractivity contribution in [3.05, 3.63) is 35.4 Å². The number of likely N-dealkylation sites (tertiary alicyclic amines) is 2. The molecule has 2 heterocycles. The normalized spacial score (nSPS) is 21.0. The van der Waals surface area contributed by atoms with Gasteiger partial charge < -0.3 is 51.8 Å². The quantitative estimate of drug-likeness (QED) is 0.0876. The number of likely N-dealkylation sites (N-methyl/N-ethyl adjacent to an activating group) is 2. The van der Waals surface area contributed by atoms with Gasteiger partial charge >= 0.3 is 5.97 Å². The van der Waals surface area contributed by atoms with Crippen LogP contribution < -0.4 is 37.2 Å². The Bertz CT molecular complexity index is 1930. The zero-order valence-corrected chi connectivity index (χ0v) is 47.3. The minimum atomic E-state index is -0.851. The van der Waals surface area contributed by atoms with Crippen molar-refractivity contribution in [1.82, 2.24) is 47.0 Å². The van der Waals surface area contributed by atoms with Crippen molar-refractivity contribution in [1.29, 1.82) is 0 Å². The van der Waals surface area contributed by atoms with Crippen LogP contribution in [-0.2, 0) is 33.5 Å². The van der Waals surface area contributed by atoms with E-state index in [1.807, 2.05) is 41.5 Å². The lowest BCUT2D eigenvalue weighted by Crippen LogP contribution is -2.60. The minimum absolute atomic E-state index is 0. The molecule has 4 fully saturated rings. The molecule has 0 aromatic heterocycles. The van der Waals surface area contributed by atoms with Gasteiger partial charge in [0.25, 0.3) is 5.91 Å². The number of hydrogen-bond acceptors (Lipinski definition) is 11. The summed E-state index contributed by atoms with van der Waals surface area (Å²) in [5.41, 5.74) is -0.834. The summed E-state index contributed by atoms with van der Waals surface area (Å²) in [6, 6.07) is 1.19. The third-order valence-electron chi connectivity index (χ3n) is 15.5. The Kier molecular flexibility index (Phi) is 25.1. The van der Waals surface area contributed by atoms with Crippen molar-refractivity contribution in [2.45, 2.75) is 194 Å². The molecule has 5 rings (SSSR count). The zero-order valence-electron chi connectivity index (χ0n) is 45.7. The molecule has 1 aromatic rings. The Morgan fingerprint density at radius 2 is 1.00 bits per heavy atom. The van der Waals surface area contributed by atoms with Gasteiger partial charge in [-0.15, -0.1) is 24.8 Å². The Morgan fingerprint density at radius 3 is 1.43 bits per heavy atom. The molecule has 8 atom stereocenters. The van der Waals surface area contributed by atoms with E-state index in [2.05, 4.69) is 37.2 Å². The molecule has 7 amide bonds. The highest BCUT2D eigenvalue weighted by Gasteiger charge is 2.45. The molecule has 18 nitrogen and oxygen atoms in total. The SMILES string of the molecule is CN[C@@H](C)C(=O)N[C@H](C(=O)N1CCC[C@H]1C(=O)N[C@H](CNC(=O)c1cccc(C(=O)OC[C@@H](NC(=O)[C@@H]2CCCN2C(=O)[C@@H](NC(=O)[C@H](C)NC)C(C)(C)C)C2CCCCC2)c1)C1CCCCC1)C(C)(C)C.Cl.Cl. The van der Waals surface area contributed by atoms with E-state index in [4.69, 9.17) is 4.74 Å². The number of carbonyl (C=O) groups is 8. The lowest BCUT2D eigenvalue weighted by Gasteiger charge is -2.37. The Labute approximate surface area is 452 Å². The number of benzene rings is 1. The summed E-state index contributed by atoms with van der Waals surface area (Å²) in [6.07, 6.45) is 11.8. The molecule has 0 bridgehead atoms. The Hall–Kier alpha value is -4.52. The highest BCUT2D eigenvalue weighted by atomic mass is 35.5. The van der Waals surface area contributed by atoms with Crippen LogP contribution in [0.25, 0.3) is 0 Å². The smallest absolute Gasteiger partial charge is 0.338 e. The fraction of sp³-hybridized carbons (Fsp3) is 0.741. The molecule has 20 heteroatoms. The van der Waals surface area contributed by atoms with Crippen LogP contribution in [0.3, 0.4) is 0 Å². The molecule has 418 valence electrons. The number of nitrogens with zero attached hydrogens (tertiary/aromatic N) is 2. The van der Waals surface area contributed by atoms with Gasteiger partial charge in [-0.2, -0.15) is 0 Å². The molecular formula is C54H89Cl2N9O9. The zero-order chi connectivity index (χ0) is 52.9. The van der Waals surface area contributed by atoms with Crippen LogP contribution >= 0.6 is 24.8 Å². The van der Waals surface area contributed by atoms with Gasteiger partial charge in [0.2, 0.25) is 35.4 Å². The average Bonchev–Trinajstić information content (AvgIpc) is 4.08. The van der Waals surface area contributed by atoms with E-state index in [-0.39, 0.29) is 96.4 Å². The van der Waals surface area contributed by atoms with Crippen LogP contribution in [0.5, 0.6) is 0 Å². The molecule has 2 aliphatic heterocycles. The summed E-state index contributed by atoms with van der Waals surface area (Å²) in [5.74, 6) is -2.74. The van der Waals surface area contributed by atoms with E-state index in [1.165, 1.54) is 6.07 Å². The van der Waals surface area contributed by atoms with Crippen LogP contribution in [0.2, 0.25) is 0 Å². The lowest BCUT2D eigenvalue weighted by atomic mass is 9.83. The van der Waals surface area contributed by atoms with Crippen molar-refractivity contribution in [2.24, 2.45) is 22.7 Å². The first kappa shape index (κ1) is 63.8. The molecule has 0 spiro atoms. The van der Waals surface area contributed by atoms with E-state index in [0.717, 1.165) is 64.2 Å². The van der Waals surface area contributed by atoms with Gasteiger partial charge in [-0.05, 0) is 120 Å². The first-order valence-corrected chi connectivity index (χ1v) is 26.8. The van der Waals surface area contributed by atoms with Crippen LogP contribution in [-0.4, -0.2) is 146 Å². The monoisotopic (exact) mass is 1080 g/mol. The molecule has 0 radical (unpaired) electrons. The summed E-state index contributed by atoms with van der Waals surface area (Å²) in [6.45, 7) is 15.6. The van der Waals surface area contributed by atoms with E-state index in [9.17, 15) is 38.4 Å². The molecule has 0 unspecified atom stereocenters. The third-order valence-corrected chi connectivity index (χ3v) is 15.5. The van der Waals surface area contributed by atoms with Gasteiger partial charge in [0.15, 0.2) is 0 Å². The first-order valence-electron chi connectivity index (χ1n) is 26.8. The summed E-state index contributed by atoms with van der Waals surface area (Å²) in [7, 11) is 3.35. The summed E-state index contributed by atoms with van der Waals surface area (Å²) in [5, 5.41) is 21.1. The Balaban J connectivity index is 0.00000722. The number of esters is 1. The molecular weight excluding hydrogens is 990 g/mol. The largest absolute Gasteiger partial charge is 0.460 e. The number of amides is 7. The van der Waals surface area contributed by atoms with Crippen molar-refractivity contribution in [3.63, 3.8) is 0 Å². The average molecular weight is 1080 g/mol. The number of nitrogens with one attached hydrogen (secondary N) is 7. The summed E-state index contributed by atoms with van der Waals surface area (Å²) >= 11 is 0. The Morgan fingerprint density at radius 1 is 0.581 bits per heavy atom. The van der Waals surface area contributed by atoms with E-state index >= 15 is 0 Å². The summed E-state index contributed by atoms with van der Waals surface area (Å²) < 4.78 is 5.92. The number of rotatable bonds is 20. The number of hydrogen-bond donors (Lipinski definition) is 7. The summed E-state index contributed by atoms with van der Waals surface area (Å²) in [4.78, 5) is 113. The van der Waals surface area contributed by atoms with Crippen LogP contribution in [0.1, 0.15) is 166 Å². The maximum absolute atomic E-state index is 14.2. The van der Waals surface area contributed by atoms with Gasteiger partial charge in [0.1, 0.15) is 30.8 Å². The van der Waals surface area contributed by atoms with Crippen molar-refractivity contribution in [3.8, 4) is 0 Å². The second-order valence-electron chi connectivity index (χ2n) is 22.9. The molecule has 4 aliphatic rings. The van der Waals surface area contributed by atoms with E-state index in [1.54, 1.807) is 55.9 Å². The maximum atomic E-state index is 14.2. The molecule has 2 saturated carbocycles. The fourth-order valence-corrected chi connectivity index (χ4v) is 10.6. The predicted molar refractivity (Wildman–Crippen MR) is 290 cm³/mol. The van der Waals surface area contributed by atoms with Crippen molar-refractivity contribution < 1.29 is 43.1 Å². The fourth-order valence-electron chi connectivity index (χ4n) is 10.6.